The van der Waals surface area contributed by atoms with Crippen LogP contribution >= 0.6 is 0 Å². The van der Waals surface area contributed by atoms with Crippen molar-refractivity contribution in [1.82, 2.24) is 10.6 Å². The maximum Gasteiger partial charge on any atom is 0.258 e. The number of carbonyl (C=O) groups excluding carboxylic acids is 2. The number of carbonyl (C=O) groups is 2. The molecule has 0 saturated carbocycles. The first kappa shape index (κ1) is 22.1. The summed E-state index contributed by atoms with van der Waals surface area (Å²) < 4.78 is 16.5. The minimum Gasteiger partial charge on any atom is -0.490 e. The van der Waals surface area contributed by atoms with Gasteiger partial charge in [0.1, 0.15) is 5.75 Å². The van der Waals surface area contributed by atoms with Crippen LogP contribution in [0.3, 0.4) is 0 Å². The standard InChI is InChI=1S/C22H28N2O5/c1-3-27-19-11-10-17(14-20(19)28-4-2)12-13-23-21(25)15-24-22(26)16-29-18-8-6-5-7-9-18/h5-11,14H,3-4,12-13,15-16H2,1-2H3,(H,23,25)(H,24,26). The first-order valence-corrected chi connectivity index (χ1v) is 9.72. The van der Waals surface area contributed by atoms with E-state index in [1.807, 2.05) is 50.2 Å². The molecule has 2 amide bonds. The lowest BCUT2D eigenvalue weighted by atomic mass is 10.1. The van der Waals surface area contributed by atoms with Crippen molar-refractivity contribution in [3.63, 3.8) is 0 Å². The van der Waals surface area contributed by atoms with E-state index in [0.29, 0.717) is 43.4 Å². The Morgan fingerprint density at radius 1 is 0.828 bits per heavy atom. The number of nitrogens with one attached hydrogen (secondary N) is 2. The second-order valence-corrected chi connectivity index (χ2v) is 6.13. The van der Waals surface area contributed by atoms with E-state index in [1.54, 1.807) is 12.1 Å². The molecule has 0 radical (unpaired) electrons. The van der Waals surface area contributed by atoms with Gasteiger partial charge in [0.2, 0.25) is 5.91 Å². The Morgan fingerprint density at radius 3 is 2.28 bits per heavy atom. The van der Waals surface area contributed by atoms with E-state index in [1.165, 1.54) is 0 Å². The minimum atomic E-state index is -0.350. The molecular formula is C22H28N2O5. The van der Waals surface area contributed by atoms with Gasteiger partial charge in [-0.15, -0.1) is 0 Å². The van der Waals surface area contributed by atoms with Crippen LogP contribution in [0.5, 0.6) is 17.2 Å². The topological polar surface area (TPSA) is 85.9 Å². The largest absolute Gasteiger partial charge is 0.490 e. The van der Waals surface area contributed by atoms with Gasteiger partial charge in [-0.1, -0.05) is 24.3 Å². The van der Waals surface area contributed by atoms with E-state index in [9.17, 15) is 9.59 Å². The molecule has 7 nitrogen and oxygen atoms in total. The van der Waals surface area contributed by atoms with Crippen molar-refractivity contribution in [1.29, 1.82) is 0 Å². The average molecular weight is 400 g/mol. The van der Waals surface area contributed by atoms with Gasteiger partial charge in [0, 0.05) is 6.54 Å². The number of rotatable bonds is 12. The van der Waals surface area contributed by atoms with Crippen LogP contribution in [-0.2, 0) is 16.0 Å². The number of para-hydroxylation sites is 1. The predicted octanol–water partition coefficient (Wildman–Crippen LogP) is 2.34. The highest BCUT2D eigenvalue weighted by Gasteiger charge is 2.08. The van der Waals surface area contributed by atoms with Crippen LogP contribution < -0.4 is 24.8 Å². The normalized spacial score (nSPS) is 10.1. The van der Waals surface area contributed by atoms with Crippen LogP contribution in [0.25, 0.3) is 0 Å². The first-order valence-electron chi connectivity index (χ1n) is 9.72. The summed E-state index contributed by atoms with van der Waals surface area (Å²) in [5.74, 6) is 1.41. The maximum absolute atomic E-state index is 11.9. The molecule has 0 unspecified atom stereocenters. The van der Waals surface area contributed by atoms with Crippen LogP contribution in [0, 0.1) is 0 Å². The van der Waals surface area contributed by atoms with Gasteiger partial charge in [-0.3, -0.25) is 9.59 Å². The SMILES string of the molecule is CCOc1ccc(CCNC(=O)CNC(=O)COc2ccccc2)cc1OCC. The molecule has 0 atom stereocenters. The van der Waals surface area contributed by atoms with E-state index in [4.69, 9.17) is 14.2 Å². The Kier molecular flexibility index (Phi) is 9.35. The van der Waals surface area contributed by atoms with E-state index < -0.39 is 0 Å². The quantitative estimate of drug-likeness (QED) is 0.571. The molecule has 2 aromatic carbocycles. The van der Waals surface area contributed by atoms with Crippen LogP contribution in [0.1, 0.15) is 19.4 Å². The van der Waals surface area contributed by atoms with Crippen LogP contribution in [0.2, 0.25) is 0 Å². The summed E-state index contributed by atoms with van der Waals surface area (Å²) in [5.41, 5.74) is 1.03. The van der Waals surface area contributed by atoms with Crippen molar-refractivity contribution in [2.75, 3.05) is 32.9 Å². The van der Waals surface area contributed by atoms with E-state index in [-0.39, 0.29) is 25.0 Å². The number of hydrogen-bond acceptors (Lipinski definition) is 5. The molecule has 156 valence electrons. The summed E-state index contributed by atoms with van der Waals surface area (Å²) in [6.07, 6.45) is 0.642. The molecule has 0 aliphatic rings. The second-order valence-electron chi connectivity index (χ2n) is 6.13. The fraction of sp³-hybridized carbons (Fsp3) is 0.364. The zero-order valence-electron chi connectivity index (χ0n) is 16.9. The molecule has 29 heavy (non-hydrogen) atoms. The Labute approximate surface area is 171 Å². The van der Waals surface area contributed by atoms with Gasteiger partial charge in [-0.05, 0) is 50.1 Å². The molecule has 0 aromatic heterocycles. The van der Waals surface area contributed by atoms with E-state index in [2.05, 4.69) is 10.6 Å². The molecule has 0 saturated heterocycles. The van der Waals surface area contributed by atoms with Gasteiger partial charge < -0.3 is 24.8 Å². The Balaban J connectivity index is 1.68. The van der Waals surface area contributed by atoms with Crippen molar-refractivity contribution < 1.29 is 23.8 Å². The average Bonchev–Trinajstić information content (AvgIpc) is 2.73. The second kappa shape index (κ2) is 12.3. The van der Waals surface area contributed by atoms with Gasteiger partial charge in [-0.25, -0.2) is 0 Å². The maximum atomic E-state index is 11.9. The summed E-state index contributed by atoms with van der Waals surface area (Å²) in [7, 11) is 0. The fourth-order valence-electron chi connectivity index (χ4n) is 2.56. The summed E-state index contributed by atoms with van der Waals surface area (Å²) >= 11 is 0. The Morgan fingerprint density at radius 2 is 1.55 bits per heavy atom. The van der Waals surface area contributed by atoms with Crippen LogP contribution in [-0.4, -0.2) is 44.7 Å². The lowest BCUT2D eigenvalue weighted by Crippen LogP contribution is -2.39. The highest BCUT2D eigenvalue weighted by Crippen LogP contribution is 2.28. The van der Waals surface area contributed by atoms with Crippen LogP contribution in [0.15, 0.2) is 48.5 Å². The lowest BCUT2D eigenvalue weighted by molar-refractivity contribution is -0.127. The summed E-state index contributed by atoms with van der Waals surface area (Å²) in [4.78, 5) is 23.7. The number of ether oxygens (including phenoxy) is 3. The Hall–Kier alpha value is -3.22. The van der Waals surface area contributed by atoms with E-state index >= 15 is 0 Å². The molecule has 0 fully saturated rings. The third-order valence-corrected chi connectivity index (χ3v) is 3.90. The molecule has 0 heterocycles. The van der Waals surface area contributed by atoms with E-state index in [0.717, 1.165) is 5.56 Å². The van der Waals surface area contributed by atoms with Crippen molar-refractivity contribution in [2.45, 2.75) is 20.3 Å². The molecule has 2 aromatic rings. The Bertz CT molecular complexity index is 780. The van der Waals surface area contributed by atoms with Crippen molar-refractivity contribution in [3.05, 3.63) is 54.1 Å². The summed E-state index contributed by atoms with van der Waals surface area (Å²) in [5, 5.41) is 5.32. The van der Waals surface area contributed by atoms with Gasteiger partial charge in [-0.2, -0.15) is 0 Å². The highest BCUT2D eigenvalue weighted by atomic mass is 16.5. The molecule has 0 bridgehead atoms. The summed E-state index contributed by atoms with van der Waals surface area (Å²) in [6.45, 7) is 5.18. The minimum absolute atomic E-state index is 0.0928. The first-order chi connectivity index (χ1) is 14.1. The third kappa shape index (κ3) is 8.13. The smallest absolute Gasteiger partial charge is 0.258 e. The van der Waals surface area contributed by atoms with Gasteiger partial charge >= 0.3 is 0 Å². The van der Waals surface area contributed by atoms with Gasteiger partial charge in [0.05, 0.1) is 19.8 Å². The molecule has 0 aliphatic carbocycles. The molecular weight excluding hydrogens is 372 g/mol. The number of hydrogen-bond donors (Lipinski definition) is 2. The molecule has 0 spiro atoms. The predicted molar refractivity (Wildman–Crippen MR) is 110 cm³/mol. The van der Waals surface area contributed by atoms with Gasteiger partial charge in [0.15, 0.2) is 18.1 Å². The highest BCUT2D eigenvalue weighted by molar-refractivity contribution is 5.85. The summed E-state index contributed by atoms with van der Waals surface area (Å²) in [6, 6.07) is 14.8. The molecule has 7 heteroatoms. The molecule has 0 aliphatic heterocycles. The monoisotopic (exact) mass is 400 g/mol. The zero-order chi connectivity index (χ0) is 20.9. The third-order valence-electron chi connectivity index (χ3n) is 3.90. The van der Waals surface area contributed by atoms with Crippen molar-refractivity contribution >= 4 is 11.8 Å². The van der Waals surface area contributed by atoms with Crippen molar-refractivity contribution in [2.24, 2.45) is 0 Å². The van der Waals surface area contributed by atoms with Crippen LogP contribution in [0.4, 0.5) is 0 Å². The molecule has 2 N–H and O–H groups in total. The fourth-order valence-corrected chi connectivity index (χ4v) is 2.56. The number of amides is 2. The van der Waals surface area contributed by atoms with Gasteiger partial charge in [0.25, 0.3) is 5.91 Å². The van der Waals surface area contributed by atoms with Crippen molar-refractivity contribution in [3.8, 4) is 17.2 Å². The molecule has 2 rings (SSSR count). The lowest BCUT2D eigenvalue weighted by Gasteiger charge is -2.13. The number of benzene rings is 2. The zero-order valence-corrected chi connectivity index (χ0v) is 16.9.